The van der Waals surface area contributed by atoms with Gasteiger partial charge in [0.2, 0.25) is 0 Å². The summed E-state index contributed by atoms with van der Waals surface area (Å²) in [6.07, 6.45) is 0. The van der Waals surface area contributed by atoms with E-state index in [0.29, 0.717) is 10.8 Å². The minimum Gasteiger partial charge on any atom is -0.309 e. The topological polar surface area (TPSA) is 52.7 Å². The first-order valence-electron chi connectivity index (χ1n) is 9.75. The van der Waals surface area contributed by atoms with Crippen LogP contribution in [0.3, 0.4) is 0 Å². The highest BCUT2D eigenvalue weighted by atomic mass is 16.1. The maximum atomic E-state index is 13.0. The van der Waals surface area contributed by atoms with Gasteiger partial charge in [-0.05, 0) is 60.7 Å². The molecule has 0 saturated heterocycles. The van der Waals surface area contributed by atoms with E-state index < -0.39 is 0 Å². The number of benzene rings is 4. The summed E-state index contributed by atoms with van der Waals surface area (Å²) in [6.45, 7) is 0. The lowest BCUT2D eigenvalue weighted by molar-refractivity contribution is 0.765. The molecule has 0 atom stereocenters. The van der Waals surface area contributed by atoms with Crippen LogP contribution in [-0.2, 0) is 0 Å². The Morgan fingerprint density at radius 1 is 0.533 bits per heavy atom. The smallest absolute Gasteiger partial charge is 0.197 e. The van der Waals surface area contributed by atoms with Crippen LogP contribution in [0.5, 0.6) is 0 Å². The summed E-state index contributed by atoms with van der Waals surface area (Å²) in [7, 11) is 0. The number of para-hydroxylation sites is 2. The Labute approximate surface area is 171 Å². The largest absolute Gasteiger partial charge is 0.309 e. The van der Waals surface area contributed by atoms with E-state index in [4.69, 9.17) is 0 Å². The Balaban J connectivity index is 1.57. The molecular weight excluding hydrogens is 372 g/mol. The van der Waals surface area contributed by atoms with Crippen molar-refractivity contribution in [2.45, 2.75) is 0 Å². The second kappa shape index (κ2) is 6.39. The van der Waals surface area contributed by atoms with E-state index >= 15 is 0 Å². The maximum Gasteiger partial charge on any atom is 0.197 e. The van der Waals surface area contributed by atoms with Crippen LogP contribution in [0.4, 0.5) is 0 Å². The average molecular weight is 388 g/mol. The van der Waals surface area contributed by atoms with Gasteiger partial charge in [0.05, 0.1) is 16.7 Å². The highest BCUT2D eigenvalue weighted by molar-refractivity contribution is 5.95. The molecule has 0 spiro atoms. The highest BCUT2D eigenvalue weighted by Gasteiger charge is 2.12. The summed E-state index contributed by atoms with van der Waals surface area (Å²) in [5, 5.41) is 10.5. The van der Waals surface area contributed by atoms with E-state index in [0.717, 1.165) is 33.4 Å². The molecule has 30 heavy (non-hydrogen) atoms. The van der Waals surface area contributed by atoms with E-state index in [1.54, 1.807) is 4.80 Å². The number of aromatic nitrogens is 4. The number of rotatable bonds is 2. The van der Waals surface area contributed by atoms with Crippen molar-refractivity contribution in [3.05, 3.63) is 107 Å². The molecule has 0 aliphatic rings. The minimum atomic E-state index is 0.0569. The molecule has 0 saturated carbocycles. The first-order valence-corrected chi connectivity index (χ1v) is 9.75. The Morgan fingerprint density at radius 3 is 1.57 bits per heavy atom. The molecule has 0 fully saturated rings. The zero-order valence-electron chi connectivity index (χ0n) is 15.9. The number of hydrogen-bond acceptors (Lipinski definition) is 3. The average Bonchev–Trinajstić information content (AvgIpc) is 3.24. The van der Waals surface area contributed by atoms with Gasteiger partial charge in [0.1, 0.15) is 11.0 Å². The van der Waals surface area contributed by atoms with Gasteiger partial charge in [0.15, 0.2) is 5.43 Å². The SMILES string of the molecule is O=c1c2ccccc2n(-c2ccc(-n3nc4ccccc4n3)cc2)c2ccccc12. The van der Waals surface area contributed by atoms with Crippen molar-refractivity contribution >= 4 is 32.8 Å². The molecule has 6 rings (SSSR count). The van der Waals surface area contributed by atoms with Crippen LogP contribution < -0.4 is 5.43 Å². The highest BCUT2D eigenvalue weighted by Crippen LogP contribution is 2.24. The summed E-state index contributed by atoms with van der Waals surface area (Å²) in [4.78, 5) is 14.6. The summed E-state index contributed by atoms with van der Waals surface area (Å²) >= 11 is 0. The van der Waals surface area contributed by atoms with Crippen molar-refractivity contribution in [3.8, 4) is 11.4 Å². The Morgan fingerprint density at radius 2 is 1.00 bits per heavy atom. The van der Waals surface area contributed by atoms with Crippen LogP contribution >= 0.6 is 0 Å². The van der Waals surface area contributed by atoms with Crippen molar-refractivity contribution in [1.82, 2.24) is 19.6 Å². The van der Waals surface area contributed by atoms with Gasteiger partial charge in [0.25, 0.3) is 0 Å². The van der Waals surface area contributed by atoms with Crippen molar-refractivity contribution in [2.75, 3.05) is 0 Å². The van der Waals surface area contributed by atoms with Gasteiger partial charge in [-0.25, -0.2) is 0 Å². The molecule has 6 aromatic rings. The summed E-state index contributed by atoms with van der Waals surface area (Å²) in [5.74, 6) is 0. The van der Waals surface area contributed by atoms with E-state index in [-0.39, 0.29) is 5.43 Å². The van der Waals surface area contributed by atoms with Gasteiger partial charge in [0, 0.05) is 16.5 Å². The fourth-order valence-corrected chi connectivity index (χ4v) is 3.98. The quantitative estimate of drug-likeness (QED) is 0.397. The Kier molecular flexibility index (Phi) is 3.55. The van der Waals surface area contributed by atoms with Gasteiger partial charge in [-0.3, -0.25) is 4.79 Å². The van der Waals surface area contributed by atoms with Crippen molar-refractivity contribution in [2.24, 2.45) is 0 Å². The van der Waals surface area contributed by atoms with Crippen molar-refractivity contribution < 1.29 is 0 Å². The van der Waals surface area contributed by atoms with E-state index in [1.807, 2.05) is 97.1 Å². The molecule has 0 aliphatic carbocycles. The fraction of sp³-hybridized carbons (Fsp3) is 0. The van der Waals surface area contributed by atoms with Gasteiger partial charge >= 0.3 is 0 Å². The van der Waals surface area contributed by atoms with Gasteiger partial charge in [-0.2, -0.15) is 4.80 Å². The lowest BCUT2D eigenvalue weighted by Gasteiger charge is -2.15. The Bertz CT molecular complexity index is 1520. The van der Waals surface area contributed by atoms with Crippen molar-refractivity contribution in [3.63, 3.8) is 0 Å². The molecule has 2 heterocycles. The predicted molar refractivity (Wildman–Crippen MR) is 119 cm³/mol. The zero-order valence-corrected chi connectivity index (χ0v) is 15.9. The third kappa shape index (κ3) is 2.46. The molecule has 0 bridgehead atoms. The van der Waals surface area contributed by atoms with E-state index in [1.165, 1.54) is 0 Å². The van der Waals surface area contributed by atoms with Crippen LogP contribution in [0.2, 0.25) is 0 Å². The number of fused-ring (bicyclic) bond motifs is 3. The number of pyridine rings is 1. The standard InChI is InChI=1S/C25H16N4O/c30-25-19-7-1-5-11-23(19)28(24-12-6-2-8-20(24)25)17-13-15-18(16-14-17)29-26-21-9-3-4-10-22(21)27-29/h1-16H. The third-order valence-electron chi connectivity index (χ3n) is 5.40. The first kappa shape index (κ1) is 16.7. The number of hydrogen-bond donors (Lipinski definition) is 0. The van der Waals surface area contributed by atoms with Crippen LogP contribution in [0, 0.1) is 0 Å². The normalized spacial score (nSPS) is 11.5. The van der Waals surface area contributed by atoms with E-state index in [2.05, 4.69) is 14.8 Å². The fourth-order valence-electron chi connectivity index (χ4n) is 3.98. The lowest BCUT2D eigenvalue weighted by atomic mass is 10.1. The molecule has 5 heteroatoms. The zero-order chi connectivity index (χ0) is 20.1. The van der Waals surface area contributed by atoms with Crippen LogP contribution in [-0.4, -0.2) is 19.6 Å². The molecule has 0 unspecified atom stereocenters. The van der Waals surface area contributed by atoms with Gasteiger partial charge in [-0.15, -0.1) is 10.2 Å². The third-order valence-corrected chi connectivity index (χ3v) is 5.40. The molecule has 0 amide bonds. The molecule has 0 radical (unpaired) electrons. The molecule has 4 aromatic carbocycles. The van der Waals surface area contributed by atoms with Crippen LogP contribution in [0.15, 0.2) is 102 Å². The van der Waals surface area contributed by atoms with Crippen molar-refractivity contribution in [1.29, 1.82) is 0 Å². The molecule has 142 valence electrons. The van der Waals surface area contributed by atoms with Gasteiger partial charge < -0.3 is 4.57 Å². The maximum absolute atomic E-state index is 13.0. The van der Waals surface area contributed by atoms with E-state index in [9.17, 15) is 4.79 Å². The monoisotopic (exact) mass is 388 g/mol. The minimum absolute atomic E-state index is 0.0569. The molecule has 5 nitrogen and oxygen atoms in total. The molecule has 2 aromatic heterocycles. The summed E-state index contributed by atoms with van der Waals surface area (Å²) < 4.78 is 2.13. The lowest BCUT2D eigenvalue weighted by Crippen LogP contribution is -2.10. The molecular formula is C25H16N4O. The van der Waals surface area contributed by atoms with Crippen LogP contribution in [0.1, 0.15) is 0 Å². The Hall–Kier alpha value is -4.25. The molecule has 0 aliphatic heterocycles. The van der Waals surface area contributed by atoms with Crippen LogP contribution in [0.25, 0.3) is 44.2 Å². The van der Waals surface area contributed by atoms with Gasteiger partial charge in [-0.1, -0.05) is 36.4 Å². The molecule has 0 N–H and O–H groups in total. The first-order chi connectivity index (χ1) is 14.8. The predicted octanol–water partition coefficient (Wildman–Crippen LogP) is 4.88. The summed E-state index contributed by atoms with van der Waals surface area (Å²) in [5.41, 5.74) is 5.40. The summed E-state index contributed by atoms with van der Waals surface area (Å²) in [6, 6.07) is 31.3. The number of nitrogens with zero attached hydrogens (tertiary/aromatic N) is 4. The second-order valence-electron chi connectivity index (χ2n) is 7.19. The second-order valence-corrected chi connectivity index (χ2v) is 7.19.